The summed E-state index contributed by atoms with van der Waals surface area (Å²) in [7, 11) is 0. The Morgan fingerprint density at radius 1 is 1.40 bits per heavy atom. The molecule has 1 aromatic rings. The van der Waals surface area contributed by atoms with Crippen LogP contribution in [0.15, 0.2) is 23.3 Å². The second kappa shape index (κ2) is 6.14. The Labute approximate surface area is 115 Å². The van der Waals surface area contributed by atoms with Gasteiger partial charge in [-0.1, -0.05) is 0 Å². The van der Waals surface area contributed by atoms with Crippen LogP contribution in [0, 0.1) is 5.82 Å². The van der Waals surface area contributed by atoms with Gasteiger partial charge in [-0.3, -0.25) is 0 Å². The topological polar surface area (TPSA) is 93.8 Å². The number of nitrogens with zero attached hydrogens (tertiary/aromatic N) is 1. The summed E-state index contributed by atoms with van der Waals surface area (Å²) in [5.41, 5.74) is 6.28. The quantitative estimate of drug-likeness (QED) is 0.502. The first kappa shape index (κ1) is 15.6. The van der Waals surface area contributed by atoms with Gasteiger partial charge in [0.15, 0.2) is 0 Å². The monoisotopic (exact) mass is 281 g/mol. The van der Waals surface area contributed by atoms with Crippen LogP contribution in [-0.2, 0) is 4.74 Å². The molecular formula is C13H16FN3O3. The number of nitrogens with one attached hydrogen (secondary N) is 1. The van der Waals surface area contributed by atoms with Crippen molar-refractivity contribution in [2.45, 2.75) is 26.4 Å². The molecule has 1 aromatic carbocycles. The molecule has 0 spiro atoms. The number of ether oxygens (including phenoxy) is 1. The van der Waals surface area contributed by atoms with E-state index in [0.717, 1.165) is 12.3 Å². The number of carbonyl (C=O) groups excluding carboxylic acids is 2. The highest BCUT2D eigenvalue weighted by molar-refractivity contribution is 5.91. The van der Waals surface area contributed by atoms with Crippen molar-refractivity contribution in [3.8, 4) is 0 Å². The van der Waals surface area contributed by atoms with Crippen LogP contribution >= 0.6 is 0 Å². The lowest BCUT2D eigenvalue weighted by Gasteiger charge is -2.19. The summed E-state index contributed by atoms with van der Waals surface area (Å²) in [6.07, 6.45) is 1.08. The van der Waals surface area contributed by atoms with Gasteiger partial charge in [0.1, 0.15) is 11.4 Å². The first-order valence-electron chi connectivity index (χ1n) is 5.80. The fraction of sp³-hybridized carbons (Fsp3) is 0.308. The minimum Gasteiger partial charge on any atom is -0.456 e. The minimum absolute atomic E-state index is 0.0948. The van der Waals surface area contributed by atoms with Crippen LogP contribution in [0.5, 0.6) is 0 Å². The average Bonchev–Trinajstić information content (AvgIpc) is 2.28. The summed E-state index contributed by atoms with van der Waals surface area (Å²) in [6.45, 7) is 5.16. The van der Waals surface area contributed by atoms with Crippen LogP contribution in [-0.4, -0.2) is 23.8 Å². The van der Waals surface area contributed by atoms with Gasteiger partial charge in [-0.15, -0.1) is 0 Å². The number of urea groups is 1. The molecule has 3 N–H and O–H groups in total. The zero-order valence-corrected chi connectivity index (χ0v) is 11.4. The maximum absolute atomic E-state index is 13.7. The van der Waals surface area contributed by atoms with Gasteiger partial charge >= 0.3 is 12.0 Å². The zero-order chi connectivity index (χ0) is 15.3. The Morgan fingerprint density at radius 2 is 2.05 bits per heavy atom. The number of carbonyl (C=O) groups is 2. The van der Waals surface area contributed by atoms with E-state index in [9.17, 15) is 14.0 Å². The summed E-state index contributed by atoms with van der Waals surface area (Å²) in [4.78, 5) is 22.1. The largest absolute Gasteiger partial charge is 0.456 e. The molecule has 0 unspecified atom stereocenters. The predicted octanol–water partition coefficient (Wildman–Crippen LogP) is 1.78. The van der Waals surface area contributed by atoms with Crippen molar-refractivity contribution in [1.29, 1.82) is 0 Å². The third kappa shape index (κ3) is 5.05. The van der Waals surface area contributed by atoms with Gasteiger partial charge in [-0.25, -0.2) is 19.4 Å². The SMILES string of the molecule is CC(C)(C)OC(=O)c1ccc(C=NNC(N)=O)c(F)c1. The molecule has 0 fully saturated rings. The second-order valence-electron chi connectivity index (χ2n) is 4.97. The zero-order valence-electron chi connectivity index (χ0n) is 11.4. The number of hydrogen-bond acceptors (Lipinski definition) is 4. The molecule has 20 heavy (non-hydrogen) atoms. The molecule has 0 radical (unpaired) electrons. The van der Waals surface area contributed by atoms with Crippen molar-refractivity contribution in [3.05, 3.63) is 35.1 Å². The summed E-state index contributed by atoms with van der Waals surface area (Å²) in [5, 5.41) is 3.43. The third-order valence-corrected chi connectivity index (χ3v) is 2.01. The van der Waals surface area contributed by atoms with Crippen LogP contribution in [0.3, 0.4) is 0 Å². The maximum atomic E-state index is 13.7. The summed E-state index contributed by atoms with van der Waals surface area (Å²) in [5.74, 6) is -1.28. The highest BCUT2D eigenvalue weighted by Crippen LogP contribution is 2.14. The molecule has 7 heteroatoms. The van der Waals surface area contributed by atoms with Gasteiger partial charge in [0.25, 0.3) is 0 Å². The molecule has 6 nitrogen and oxygen atoms in total. The first-order chi connectivity index (χ1) is 9.19. The van der Waals surface area contributed by atoms with Gasteiger partial charge in [0.2, 0.25) is 0 Å². The van der Waals surface area contributed by atoms with Gasteiger partial charge in [-0.2, -0.15) is 5.10 Å². The van der Waals surface area contributed by atoms with E-state index < -0.39 is 23.4 Å². The van der Waals surface area contributed by atoms with Gasteiger partial charge in [-0.05, 0) is 39.0 Å². The van der Waals surface area contributed by atoms with Crippen LogP contribution < -0.4 is 11.2 Å². The van der Waals surface area contributed by atoms with Crippen molar-refractivity contribution in [2.75, 3.05) is 0 Å². The molecule has 2 amide bonds. The summed E-state index contributed by atoms with van der Waals surface area (Å²) < 4.78 is 18.8. The van der Waals surface area contributed by atoms with Gasteiger partial charge in [0, 0.05) is 5.56 Å². The molecule has 0 aliphatic carbocycles. The van der Waals surface area contributed by atoms with Crippen molar-refractivity contribution in [2.24, 2.45) is 10.8 Å². The molecule has 0 atom stereocenters. The lowest BCUT2D eigenvalue weighted by atomic mass is 10.1. The van der Waals surface area contributed by atoms with E-state index in [2.05, 4.69) is 5.10 Å². The number of primary amides is 1. The Bertz CT molecular complexity index is 550. The third-order valence-electron chi connectivity index (χ3n) is 2.01. The smallest absolute Gasteiger partial charge is 0.338 e. The van der Waals surface area contributed by atoms with Crippen LogP contribution in [0.1, 0.15) is 36.7 Å². The predicted molar refractivity (Wildman–Crippen MR) is 71.9 cm³/mol. The molecule has 0 aromatic heterocycles. The number of nitrogens with two attached hydrogens (primary N) is 1. The van der Waals surface area contributed by atoms with Gasteiger partial charge in [0.05, 0.1) is 11.8 Å². The number of hydrazone groups is 1. The van der Waals surface area contributed by atoms with E-state index in [0.29, 0.717) is 0 Å². The number of halogens is 1. The van der Waals surface area contributed by atoms with E-state index in [1.165, 1.54) is 12.1 Å². The standard InChI is InChI=1S/C13H16FN3O3/c1-13(2,3)20-11(18)8-4-5-9(10(14)6-8)7-16-17-12(15)19/h4-7H,1-3H3,(H3,15,17,19). The number of amides is 2. The maximum Gasteiger partial charge on any atom is 0.338 e. The Balaban J connectivity index is 2.85. The van der Waals surface area contributed by atoms with Crippen molar-refractivity contribution in [1.82, 2.24) is 5.43 Å². The molecule has 0 heterocycles. The molecule has 0 aliphatic heterocycles. The van der Waals surface area contributed by atoms with Crippen LogP contribution in [0.2, 0.25) is 0 Å². The fourth-order valence-corrected chi connectivity index (χ4v) is 1.26. The number of benzene rings is 1. The normalized spacial score (nSPS) is 11.4. The van der Waals surface area contributed by atoms with E-state index >= 15 is 0 Å². The Hall–Kier alpha value is -2.44. The van der Waals surface area contributed by atoms with E-state index in [4.69, 9.17) is 10.5 Å². The highest BCUT2D eigenvalue weighted by Gasteiger charge is 2.18. The summed E-state index contributed by atoms with van der Waals surface area (Å²) in [6, 6.07) is 2.94. The van der Waals surface area contributed by atoms with Crippen LogP contribution in [0.25, 0.3) is 0 Å². The first-order valence-corrected chi connectivity index (χ1v) is 5.80. The highest BCUT2D eigenvalue weighted by atomic mass is 19.1. The molecule has 0 aliphatic rings. The minimum atomic E-state index is -0.855. The molecule has 0 bridgehead atoms. The number of rotatable bonds is 3. The number of esters is 1. The van der Waals surface area contributed by atoms with Crippen LogP contribution in [0.4, 0.5) is 9.18 Å². The van der Waals surface area contributed by atoms with Crippen molar-refractivity contribution >= 4 is 18.2 Å². The van der Waals surface area contributed by atoms with E-state index in [1.54, 1.807) is 20.8 Å². The Kier molecular flexibility index (Phi) is 4.79. The van der Waals surface area contributed by atoms with E-state index in [-0.39, 0.29) is 11.1 Å². The molecule has 0 saturated carbocycles. The lowest BCUT2D eigenvalue weighted by Crippen LogP contribution is -2.24. The number of hydrogen-bond donors (Lipinski definition) is 2. The molecule has 108 valence electrons. The van der Waals surface area contributed by atoms with Crippen molar-refractivity contribution in [3.63, 3.8) is 0 Å². The molecular weight excluding hydrogens is 265 g/mol. The molecule has 0 saturated heterocycles. The van der Waals surface area contributed by atoms with Crippen molar-refractivity contribution < 1.29 is 18.7 Å². The average molecular weight is 281 g/mol. The lowest BCUT2D eigenvalue weighted by molar-refractivity contribution is 0.00690. The second-order valence-corrected chi connectivity index (χ2v) is 4.97. The molecule has 1 rings (SSSR count). The van der Waals surface area contributed by atoms with Gasteiger partial charge < -0.3 is 10.5 Å². The fourth-order valence-electron chi connectivity index (χ4n) is 1.26. The summed E-state index contributed by atoms with van der Waals surface area (Å²) >= 11 is 0. The van der Waals surface area contributed by atoms with E-state index in [1.807, 2.05) is 5.43 Å². The Morgan fingerprint density at radius 3 is 2.55 bits per heavy atom.